The molecule has 2 amide bonds. The molecule has 0 bridgehead atoms. The number of benzene rings is 2. The summed E-state index contributed by atoms with van der Waals surface area (Å²) in [5, 5.41) is 3.00. The fourth-order valence-electron chi connectivity index (χ4n) is 3.57. The molecule has 0 aromatic heterocycles. The highest BCUT2D eigenvalue weighted by molar-refractivity contribution is 5.94. The van der Waals surface area contributed by atoms with Crippen LogP contribution in [-0.2, 0) is 11.3 Å². The van der Waals surface area contributed by atoms with Crippen LogP contribution >= 0.6 is 0 Å². The molecule has 1 unspecified atom stereocenters. The van der Waals surface area contributed by atoms with Gasteiger partial charge in [0.15, 0.2) is 11.5 Å². The zero-order valence-electron chi connectivity index (χ0n) is 17.9. The number of hydrogen-bond acceptors (Lipinski definition) is 5. The Hall–Kier alpha value is -3.22. The highest BCUT2D eigenvalue weighted by Crippen LogP contribution is 2.39. The monoisotopic (exact) mass is 412 g/mol. The molecule has 1 atom stereocenters. The van der Waals surface area contributed by atoms with Gasteiger partial charge >= 0.3 is 0 Å². The maximum absolute atomic E-state index is 12.7. The summed E-state index contributed by atoms with van der Waals surface area (Å²) in [5.74, 6) is 1.59. The fraction of sp³-hybridized carbons (Fsp3) is 0.391. The van der Waals surface area contributed by atoms with E-state index in [-0.39, 0.29) is 17.9 Å². The Kier molecular flexibility index (Phi) is 6.82. The SMILES string of the molecule is COc1cc(C(C)NC(=O)c2ccc(CN3CCCC3=O)cc2)cc(OC)c1OC. The molecule has 30 heavy (non-hydrogen) atoms. The Morgan fingerprint density at radius 3 is 2.20 bits per heavy atom. The van der Waals surface area contributed by atoms with E-state index in [0.29, 0.717) is 35.8 Å². The molecule has 1 fully saturated rings. The van der Waals surface area contributed by atoms with Crippen molar-refractivity contribution in [1.82, 2.24) is 10.2 Å². The number of hydrogen-bond donors (Lipinski definition) is 1. The zero-order valence-corrected chi connectivity index (χ0v) is 17.9. The molecule has 1 saturated heterocycles. The molecular formula is C23H28N2O5. The molecular weight excluding hydrogens is 384 g/mol. The van der Waals surface area contributed by atoms with Gasteiger partial charge in [0.25, 0.3) is 5.91 Å². The van der Waals surface area contributed by atoms with E-state index >= 15 is 0 Å². The number of methoxy groups -OCH3 is 3. The maximum atomic E-state index is 12.7. The van der Waals surface area contributed by atoms with E-state index in [1.807, 2.05) is 36.1 Å². The van der Waals surface area contributed by atoms with E-state index in [1.165, 1.54) is 0 Å². The van der Waals surface area contributed by atoms with Crippen molar-refractivity contribution in [3.8, 4) is 17.2 Å². The predicted molar refractivity (Wildman–Crippen MR) is 113 cm³/mol. The predicted octanol–water partition coefficient (Wildman–Crippen LogP) is 3.33. The number of nitrogens with zero attached hydrogens (tertiary/aromatic N) is 1. The number of likely N-dealkylation sites (tertiary alicyclic amines) is 1. The average Bonchev–Trinajstić information content (AvgIpc) is 3.17. The molecule has 3 rings (SSSR count). The molecule has 2 aromatic rings. The largest absolute Gasteiger partial charge is 0.493 e. The normalized spacial score (nSPS) is 14.4. The lowest BCUT2D eigenvalue weighted by Crippen LogP contribution is -2.27. The van der Waals surface area contributed by atoms with Gasteiger partial charge in [-0.05, 0) is 48.7 Å². The van der Waals surface area contributed by atoms with Crippen LogP contribution in [0, 0.1) is 0 Å². The van der Waals surface area contributed by atoms with E-state index in [0.717, 1.165) is 24.1 Å². The Labute approximate surface area is 176 Å². The molecule has 160 valence electrons. The minimum atomic E-state index is -0.270. The minimum absolute atomic E-state index is 0.181. The Bertz CT molecular complexity index is 885. The van der Waals surface area contributed by atoms with Crippen LogP contribution < -0.4 is 19.5 Å². The zero-order chi connectivity index (χ0) is 21.7. The first-order valence-electron chi connectivity index (χ1n) is 9.94. The number of amides is 2. The Balaban J connectivity index is 1.68. The summed E-state index contributed by atoms with van der Waals surface area (Å²) >= 11 is 0. The van der Waals surface area contributed by atoms with Gasteiger partial charge in [-0.3, -0.25) is 9.59 Å². The van der Waals surface area contributed by atoms with Crippen LogP contribution in [0.5, 0.6) is 17.2 Å². The second kappa shape index (κ2) is 9.52. The standard InChI is InChI=1S/C23H28N2O5/c1-15(18-12-19(28-2)22(30-4)20(13-18)29-3)24-23(27)17-9-7-16(8-10-17)14-25-11-5-6-21(25)26/h7-10,12-13,15H,5-6,11,14H2,1-4H3,(H,24,27). The highest BCUT2D eigenvalue weighted by atomic mass is 16.5. The summed E-state index contributed by atoms with van der Waals surface area (Å²) in [6.45, 7) is 3.28. The lowest BCUT2D eigenvalue weighted by molar-refractivity contribution is -0.128. The van der Waals surface area contributed by atoms with Gasteiger partial charge in [-0.2, -0.15) is 0 Å². The first kappa shape index (κ1) is 21.5. The van der Waals surface area contributed by atoms with Crippen molar-refractivity contribution in [3.63, 3.8) is 0 Å². The van der Waals surface area contributed by atoms with Crippen LogP contribution in [0.25, 0.3) is 0 Å². The molecule has 1 aliphatic rings. The first-order chi connectivity index (χ1) is 14.5. The van der Waals surface area contributed by atoms with E-state index in [1.54, 1.807) is 33.5 Å². The summed E-state index contributed by atoms with van der Waals surface area (Å²) in [4.78, 5) is 26.3. The third-order valence-electron chi connectivity index (χ3n) is 5.30. The second-order valence-corrected chi connectivity index (χ2v) is 7.27. The molecule has 7 heteroatoms. The van der Waals surface area contributed by atoms with Gasteiger partial charge in [0, 0.05) is 25.1 Å². The van der Waals surface area contributed by atoms with Gasteiger partial charge in [0.2, 0.25) is 11.7 Å². The number of ether oxygens (including phenoxy) is 3. The van der Waals surface area contributed by atoms with E-state index < -0.39 is 0 Å². The molecule has 1 heterocycles. The van der Waals surface area contributed by atoms with Crippen LogP contribution in [0.3, 0.4) is 0 Å². The smallest absolute Gasteiger partial charge is 0.251 e. The molecule has 0 radical (unpaired) electrons. The van der Waals surface area contributed by atoms with Crippen LogP contribution in [0.15, 0.2) is 36.4 Å². The molecule has 7 nitrogen and oxygen atoms in total. The van der Waals surface area contributed by atoms with Crippen molar-refractivity contribution in [2.24, 2.45) is 0 Å². The topological polar surface area (TPSA) is 77.1 Å². The maximum Gasteiger partial charge on any atom is 0.251 e. The molecule has 1 aliphatic heterocycles. The Morgan fingerprint density at radius 2 is 1.70 bits per heavy atom. The van der Waals surface area contributed by atoms with Crippen LogP contribution in [0.1, 0.15) is 47.3 Å². The van der Waals surface area contributed by atoms with E-state index in [4.69, 9.17) is 14.2 Å². The van der Waals surface area contributed by atoms with Crippen LogP contribution in [0.4, 0.5) is 0 Å². The molecule has 0 spiro atoms. The third-order valence-corrected chi connectivity index (χ3v) is 5.30. The lowest BCUT2D eigenvalue weighted by atomic mass is 10.1. The van der Waals surface area contributed by atoms with Crippen molar-refractivity contribution < 1.29 is 23.8 Å². The quantitative estimate of drug-likeness (QED) is 0.720. The molecule has 1 N–H and O–H groups in total. The second-order valence-electron chi connectivity index (χ2n) is 7.27. The average molecular weight is 412 g/mol. The van der Waals surface area contributed by atoms with Crippen molar-refractivity contribution >= 4 is 11.8 Å². The van der Waals surface area contributed by atoms with Crippen molar-refractivity contribution in [2.75, 3.05) is 27.9 Å². The summed E-state index contributed by atoms with van der Waals surface area (Å²) in [5.41, 5.74) is 2.41. The minimum Gasteiger partial charge on any atom is -0.493 e. The Morgan fingerprint density at radius 1 is 1.07 bits per heavy atom. The number of carbonyl (C=O) groups excluding carboxylic acids is 2. The summed E-state index contributed by atoms with van der Waals surface area (Å²) in [6, 6.07) is 10.7. The number of carbonyl (C=O) groups is 2. The number of rotatable bonds is 8. The lowest BCUT2D eigenvalue weighted by Gasteiger charge is -2.19. The number of nitrogens with one attached hydrogen (secondary N) is 1. The van der Waals surface area contributed by atoms with Gasteiger partial charge in [0.05, 0.1) is 27.4 Å². The summed E-state index contributed by atoms with van der Waals surface area (Å²) < 4.78 is 16.1. The van der Waals surface area contributed by atoms with Crippen LogP contribution in [-0.4, -0.2) is 44.6 Å². The molecule has 0 saturated carbocycles. The van der Waals surface area contributed by atoms with Gasteiger partial charge in [-0.1, -0.05) is 12.1 Å². The van der Waals surface area contributed by atoms with Crippen LogP contribution in [0.2, 0.25) is 0 Å². The van der Waals surface area contributed by atoms with Gasteiger partial charge in [-0.25, -0.2) is 0 Å². The van der Waals surface area contributed by atoms with Crippen molar-refractivity contribution in [3.05, 3.63) is 53.1 Å². The molecule has 2 aromatic carbocycles. The summed E-state index contributed by atoms with van der Waals surface area (Å²) in [6.07, 6.45) is 1.54. The fourth-order valence-corrected chi connectivity index (χ4v) is 3.57. The van der Waals surface area contributed by atoms with Gasteiger partial charge < -0.3 is 24.4 Å². The van der Waals surface area contributed by atoms with Gasteiger partial charge in [0.1, 0.15) is 0 Å². The molecule has 0 aliphatic carbocycles. The summed E-state index contributed by atoms with van der Waals surface area (Å²) in [7, 11) is 4.66. The van der Waals surface area contributed by atoms with Gasteiger partial charge in [-0.15, -0.1) is 0 Å². The van der Waals surface area contributed by atoms with E-state index in [9.17, 15) is 9.59 Å². The van der Waals surface area contributed by atoms with E-state index in [2.05, 4.69) is 5.32 Å². The third kappa shape index (κ3) is 4.67. The van der Waals surface area contributed by atoms with Crippen molar-refractivity contribution in [1.29, 1.82) is 0 Å². The van der Waals surface area contributed by atoms with Crippen molar-refractivity contribution in [2.45, 2.75) is 32.4 Å². The highest BCUT2D eigenvalue weighted by Gasteiger charge is 2.21. The first-order valence-corrected chi connectivity index (χ1v) is 9.94.